The number of para-hydroxylation sites is 1. The fraction of sp³-hybridized carbons (Fsp3) is 0.208. The van der Waals surface area contributed by atoms with E-state index in [1.807, 2.05) is 49.4 Å². The first-order valence-corrected chi connectivity index (χ1v) is 12.1. The number of rotatable bonds is 5. The molecule has 0 bridgehead atoms. The van der Waals surface area contributed by atoms with Crippen LogP contribution in [0, 0.1) is 19.3 Å². The number of nitrogens with one attached hydrogen (secondary N) is 1. The summed E-state index contributed by atoms with van der Waals surface area (Å²) in [7, 11) is 1.59. The largest absolute Gasteiger partial charge is 0.493 e. The molecule has 1 amide bonds. The third-order valence-corrected chi connectivity index (χ3v) is 7.56. The maximum absolute atomic E-state index is 12.6. The topological polar surface area (TPSA) is 78.3 Å². The van der Waals surface area contributed by atoms with Crippen LogP contribution in [0.3, 0.4) is 0 Å². The molecule has 0 saturated heterocycles. The summed E-state index contributed by atoms with van der Waals surface area (Å²) < 4.78 is 13.9. The fourth-order valence-electron chi connectivity index (χ4n) is 3.82. The second-order valence-electron chi connectivity index (χ2n) is 7.37. The van der Waals surface area contributed by atoms with E-state index in [0.717, 1.165) is 27.0 Å². The molecule has 4 aromatic rings. The quantitative estimate of drug-likeness (QED) is 0.425. The molecule has 7 nitrogen and oxygen atoms in total. The number of hydrogen-bond donors (Lipinski definition) is 1. The number of fused-ring (bicyclic) bond motifs is 2. The van der Waals surface area contributed by atoms with Crippen molar-refractivity contribution < 1.29 is 14.3 Å². The van der Waals surface area contributed by atoms with Crippen molar-refractivity contribution in [2.24, 2.45) is 0 Å². The van der Waals surface area contributed by atoms with Crippen LogP contribution in [0.4, 0.5) is 5.82 Å². The van der Waals surface area contributed by atoms with Gasteiger partial charge in [0.1, 0.15) is 12.4 Å². The molecule has 1 aliphatic heterocycles. The molecule has 2 aromatic carbocycles. The van der Waals surface area contributed by atoms with Crippen molar-refractivity contribution in [3.63, 3.8) is 0 Å². The predicted molar refractivity (Wildman–Crippen MR) is 132 cm³/mol. The van der Waals surface area contributed by atoms with E-state index in [-0.39, 0.29) is 17.8 Å². The highest BCUT2D eigenvalue weighted by Crippen LogP contribution is 2.46. The number of benzene rings is 2. The minimum atomic E-state index is -0.127. The van der Waals surface area contributed by atoms with Crippen LogP contribution in [0.25, 0.3) is 15.3 Å². The molecular weight excluding hydrogens is 456 g/mol. The molecule has 0 spiro atoms. The number of methoxy groups -OCH3 is 1. The third-order valence-electron chi connectivity index (χ3n) is 5.27. The Morgan fingerprint density at radius 3 is 2.91 bits per heavy atom. The van der Waals surface area contributed by atoms with Crippen LogP contribution in [-0.4, -0.2) is 40.1 Å². The van der Waals surface area contributed by atoms with Crippen LogP contribution in [0.15, 0.2) is 42.5 Å². The number of carbonyl (C=O) groups is 1. The van der Waals surface area contributed by atoms with E-state index in [1.165, 1.54) is 11.3 Å². The van der Waals surface area contributed by atoms with Gasteiger partial charge in [-0.15, -0.1) is 18.2 Å². The first-order valence-electron chi connectivity index (χ1n) is 10.2. The Morgan fingerprint density at radius 1 is 1.27 bits per heavy atom. The number of terminal acetylenes is 1. The third kappa shape index (κ3) is 3.92. The van der Waals surface area contributed by atoms with Gasteiger partial charge in [0.05, 0.1) is 34.0 Å². The highest BCUT2D eigenvalue weighted by Gasteiger charge is 2.31. The Labute approximate surface area is 199 Å². The number of aromatic nitrogens is 3. The van der Waals surface area contributed by atoms with Gasteiger partial charge >= 0.3 is 0 Å². The van der Waals surface area contributed by atoms with Gasteiger partial charge in [0.2, 0.25) is 11.0 Å². The van der Waals surface area contributed by atoms with Crippen LogP contribution in [0.2, 0.25) is 0 Å². The molecule has 0 radical (unpaired) electrons. The molecular formula is C24H20N4O3S2. The number of anilines is 1. The van der Waals surface area contributed by atoms with E-state index in [9.17, 15) is 4.79 Å². The summed E-state index contributed by atoms with van der Waals surface area (Å²) in [5.41, 5.74) is 3.66. The van der Waals surface area contributed by atoms with Gasteiger partial charge in [-0.2, -0.15) is 9.78 Å². The number of carbonyl (C=O) groups excluding carboxylic acids is 1. The summed E-state index contributed by atoms with van der Waals surface area (Å²) in [6.45, 7) is 2.11. The predicted octanol–water partition coefficient (Wildman–Crippen LogP) is 4.59. The van der Waals surface area contributed by atoms with Crippen molar-refractivity contribution in [3.05, 3.63) is 59.3 Å². The SMILES string of the molecule is C#CCOc1ccc([C@@H]2SCC(=O)Nc3c2c(C)nn3-c2nc3ccccc3s2)cc1OC. The molecule has 166 valence electrons. The van der Waals surface area contributed by atoms with Gasteiger partial charge in [-0.3, -0.25) is 4.79 Å². The number of ether oxygens (including phenoxy) is 2. The Bertz CT molecular complexity index is 1370. The average molecular weight is 477 g/mol. The lowest BCUT2D eigenvalue weighted by Crippen LogP contribution is -2.15. The number of hydrogen-bond acceptors (Lipinski definition) is 7. The molecule has 9 heteroatoms. The van der Waals surface area contributed by atoms with Crippen molar-refractivity contribution in [1.82, 2.24) is 14.8 Å². The molecule has 3 heterocycles. The molecule has 0 aliphatic carbocycles. The molecule has 0 fully saturated rings. The molecule has 1 atom stereocenters. The van der Waals surface area contributed by atoms with Gasteiger partial charge in [0.25, 0.3) is 0 Å². The van der Waals surface area contributed by atoms with Crippen LogP contribution in [-0.2, 0) is 4.79 Å². The minimum absolute atomic E-state index is 0.0769. The normalized spacial score (nSPS) is 15.4. The van der Waals surface area contributed by atoms with Crippen molar-refractivity contribution in [2.45, 2.75) is 12.2 Å². The summed E-state index contributed by atoms with van der Waals surface area (Å²) in [4.78, 5) is 17.4. The zero-order chi connectivity index (χ0) is 22.9. The lowest BCUT2D eigenvalue weighted by Gasteiger charge is -2.17. The maximum atomic E-state index is 12.6. The standard InChI is InChI=1S/C24H20N4O3S2/c1-4-11-31-17-10-9-15(12-18(17)30-3)22-21-14(2)27-28(23(21)26-20(29)13-32-22)24-25-16-7-5-6-8-19(16)33-24/h1,5-10,12,22H,11,13H2,2-3H3,(H,26,29)/t22-/m0/s1. The number of thiazole rings is 1. The van der Waals surface area contributed by atoms with Crippen molar-refractivity contribution >= 4 is 45.0 Å². The number of amides is 1. The Hall–Kier alpha value is -3.48. The Kier molecular flexibility index (Phi) is 5.70. The van der Waals surface area contributed by atoms with Crippen LogP contribution >= 0.6 is 23.1 Å². The molecule has 1 aliphatic rings. The zero-order valence-corrected chi connectivity index (χ0v) is 19.6. The van der Waals surface area contributed by atoms with E-state index in [1.54, 1.807) is 23.6 Å². The van der Waals surface area contributed by atoms with Crippen LogP contribution < -0.4 is 14.8 Å². The summed E-state index contributed by atoms with van der Waals surface area (Å²) in [6, 6.07) is 13.7. The molecule has 2 aromatic heterocycles. The second kappa shape index (κ2) is 8.81. The Morgan fingerprint density at radius 2 is 2.12 bits per heavy atom. The molecule has 0 unspecified atom stereocenters. The van der Waals surface area contributed by atoms with E-state index in [2.05, 4.69) is 11.2 Å². The number of aryl methyl sites for hydroxylation is 1. The van der Waals surface area contributed by atoms with Crippen molar-refractivity contribution in [3.8, 4) is 29.0 Å². The van der Waals surface area contributed by atoms with Gasteiger partial charge in [0, 0.05) is 5.56 Å². The number of thioether (sulfide) groups is 1. The summed E-state index contributed by atoms with van der Waals surface area (Å²) in [5.74, 6) is 4.52. The van der Waals surface area contributed by atoms with Gasteiger partial charge in [-0.1, -0.05) is 35.5 Å². The molecule has 33 heavy (non-hydrogen) atoms. The monoisotopic (exact) mass is 476 g/mol. The molecule has 1 N–H and O–H groups in total. The minimum Gasteiger partial charge on any atom is -0.493 e. The summed E-state index contributed by atoms with van der Waals surface area (Å²) in [5, 5.41) is 8.40. The molecule has 0 saturated carbocycles. The lowest BCUT2D eigenvalue weighted by molar-refractivity contribution is -0.113. The van der Waals surface area contributed by atoms with E-state index in [0.29, 0.717) is 28.2 Å². The van der Waals surface area contributed by atoms with Gasteiger partial charge in [-0.25, -0.2) is 4.98 Å². The average Bonchev–Trinajstić information content (AvgIpc) is 3.34. The van der Waals surface area contributed by atoms with E-state index >= 15 is 0 Å². The maximum Gasteiger partial charge on any atom is 0.235 e. The van der Waals surface area contributed by atoms with Crippen molar-refractivity contribution in [2.75, 3.05) is 24.8 Å². The van der Waals surface area contributed by atoms with Crippen LogP contribution in [0.1, 0.15) is 22.1 Å². The van der Waals surface area contributed by atoms with Gasteiger partial charge in [0.15, 0.2) is 11.5 Å². The lowest BCUT2D eigenvalue weighted by atomic mass is 10.0. The first-order chi connectivity index (χ1) is 16.1. The fourth-order valence-corrected chi connectivity index (χ4v) is 5.92. The van der Waals surface area contributed by atoms with E-state index in [4.69, 9.17) is 26.0 Å². The number of nitrogens with zero attached hydrogens (tertiary/aromatic N) is 3. The van der Waals surface area contributed by atoms with Gasteiger partial charge in [-0.05, 0) is 36.8 Å². The summed E-state index contributed by atoms with van der Waals surface area (Å²) >= 11 is 3.08. The smallest absolute Gasteiger partial charge is 0.235 e. The highest BCUT2D eigenvalue weighted by atomic mass is 32.2. The zero-order valence-electron chi connectivity index (χ0n) is 18.0. The van der Waals surface area contributed by atoms with Crippen molar-refractivity contribution in [1.29, 1.82) is 0 Å². The Balaban J connectivity index is 1.61. The second-order valence-corrected chi connectivity index (χ2v) is 9.47. The first kappa shape index (κ1) is 21.4. The van der Waals surface area contributed by atoms with Gasteiger partial charge < -0.3 is 14.8 Å². The highest BCUT2D eigenvalue weighted by molar-refractivity contribution is 8.00. The summed E-state index contributed by atoms with van der Waals surface area (Å²) in [6.07, 6.45) is 5.32. The molecule has 5 rings (SSSR count). The van der Waals surface area contributed by atoms with E-state index < -0.39 is 0 Å². The van der Waals surface area contributed by atoms with Crippen LogP contribution in [0.5, 0.6) is 11.5 Å².